The molecule has 1 fully saturated rings. The lowest BCUT2D eigenvalue weighted by molar-refractivity contribution is -0.125. The highest BCUT2D eigenvalue weighted by atomic mass is 32.1. The predicted molar refractivity (Wildman–Crippen MR) is 64.0 cm³/mol. The Bertz CT molecular complexity index is 377. The van der Waals surface area contributed by atoms with Crippen molar-refractivity contribution < 1.29 is 4.79 Å². The molecule has 16 heavy (non-hydrogen) atoms. The van der Waals surface area contributed by atoms with Crippen molar-refractivity contribution in [1.29, 1.82) is 0 Å². The molecule has 88 valence electrons. The molecule has 0 aliphatic heterocycles. The molecule has 1 amide bonds. The summed E-state index contributed by atoms with van der Waals surface area (Å²) in [6.45, 7) is 2.48. The highest BCUT2D eigenvalue weighted by molar-refractivity contribution is 7.09. The molecule has 0 bridgehead atoms. The molecule has 1 aromatic rings. The zero-order chi connectivity index (χ0) is 11.5. The molecule has 0 spiro atoms. The van der Waals surface area contributed by atoms with Crippen LogP contribution in [0.4, 0.5) is 0 Å². The van der Waals surface area contributed by atoms with Crippen LogP contribution in [0.15, 0.2) is 5.38 Å². The van der Waals surface area contributed by atoms with Crippen LogP contribution in [0, 0.1) is 12.8 Å². The fourth-order valence-corrected chi connectivity index (χ4v) is 2.73. The second kappa shape index (κ2) is 4.93. The van der Waals surface area contributed by atoms with E-state index in [1.165, 1.54) is 0 Å². The van der Waals surface area contributed by atoms with Gasteiger partial charge in [-0.3, -0.25) is 4.79 Å². The van der Waals surface area contributed by atoms with Crippen LogP contribution in [-0.4, -0.2) is 16.9 Å². The maximum atomic E-state index is 11.8. The number of aromatic nitrogens is 1. The van der Waals surface area contributed by atoms with Gasteiger partial charge in [0, 0.05) is 11.4 Å². The number of rotatable bonds is 3. The summed E-state index contributed by atoms with van der Waals surface area (Å²) >= 11 is 1.60. The molecule has 0 saturated heterocycles. The topological polar surface area (TPSA) is 68.0 Å². The highest BCUT2D eigenvalue weighted by Gasteiger charge is 2.29. The van der Waals surface area contributed by atoms with Crippen molar-refractivity contribution in [3.63, 3.8) is 0 Å². The Morgan fingerprint density at radius 2 is 2.50 bits per heavy atom. The third kappa shape index (κ3) is 2.59. The summed E-state index contributed by atoms with van der Waals surface area (Å²) in [5, 5.41) is 5.92. The van der Waals surface area contributed by atoms with E-state index in [9.17, 15) is 4.79 Å². The van der Waals surface area contributed by atoms with E-state index in [0.29, 0.717) is 6.54 Å². The van der Waals surface area contributed by atoms with Crippen molar-refractivity contribution in [1.82, 2.24) is 10.3 Å². The third-order valence-corrected chi connectivity index (χ3v) is 3.84. The van der Waals surface area contributed by atoms with E-state index in [4.69, 9.17) is 5.73 Å². The summed E-state index contributed by atoms with van der Waals surface area (Å²) in [7, 11) is 0. The minimum absolute atomic E-state index is 0.000248. The standard InChI is InChI=1S/C11H17N3OS/c1-7-14-8(6-16-7)5-13-11(15)9-3-2-4-10(9)12/h6,9-10H,2-5,12H2,1H3,(H,13,15). The Morgan fingerprint density at radius 1 is 1.69 bits per heavy atom. The summed E-state index contributed by atoms with van der Waals surface area (Å²) in [6.07, 6.45) is 2.95. The SMILES string of the molecule is Cc1nc(CNC(=O)C2CCCC2N)cs1. The van der Waals surface area contributed by atoms with Gasteiger partial charge in [-0.2, -0.15) is 0 Å². The largest absolute Gasteiger partial charge is 0.350 e. The van der Waals surface area contributed by atoms with Crippen molar-refractivity contribution in [3.05, 3.63) is 16.1 Å². The van der Waals surface area contributed by atoms with E-state index in [1.54, 1.807) is 11.3 Å². The van der Waals surface area contributed by atoms with Gasteiger partial charge in [-0.25, -0.2) is 4.98 Å². The average Bonchev–Trinajstić information content (AvgIpc) is 2.84. The first kappa shape index (κ1) is 11.5. The Kier molecular flexibility index (Phi) is 3.56. The Morgan fingerprint density at radius 3 is 3.06 bits per heavy atom. The molecule has 5 heteroatoms. The Balaban J connectivity index is 1.83. The second-order valence-corrected chi connectivity index (χ2v) is 5.34. The molecule has 1 heterocycles. The molecule has 1 aromatic heterocycles. The van der Waals surface area contributed by atoms with E-state index < -0.39 is 0 Å². The number of hydrogen-bond donors (Lipinski definition) is 2. The van der Waals surface area contributed by atoms with Crippen LogP contribution in [0.1, 0.15) is 30.0 Å². The van der Waals surface area contributed by atoms with Crippen LogP contribution in [-0.2, 0) is 11.3 Å². The summed E-state index contributed by atoms with van der Waals surface area (Å²) < 4.78 is 0. The summed E-state index contributed by atoms with van der Waals surface area (Å²) in [4.78, 5) is 16.1. The first-order valence-corrected chi connectivity index (χ1v) is 6.49. The second-order valence-electron chi connectivity index (χ2n) is 4.28. The molecule has 4 nitrogen and oxygen atoms in total. The lowest BCUT2D eigenvalue weighted by atomic mass is 10.0. The van der Waals surface area contributed by atoms with Crippen molar-refractivity contribution in [3.8, 4) is 0 Å². The first-order valence-electron chi connectivity index (χ1n) is 5.61. The number of nitrogens with one attached hydrogen (secondary N) is 1. The molecular formula is C11H17N3OS. The van der Waals surface area contributed by atoms with Crippen LogP contribution in [0.2, 0.25) is 0 Å². The number of amides is 1. The molecular weight excluding hydrogens is 222 g/mol. The van der Waals surface area contributed by atoms with E-state index in [-0.39, 0.29) is 17.9 Å². The minimum atomic E-state index is -0.000248. The third-order valence-electron chi connectivity index (χ3n) is 3.02. The van der Waals surface area contributed by atoms with Gasteiger partial charge in [-0.15, -0.1) is 11.3 Å². The minimum Gasteiger partial charge on any atom is -0.350 e. The van der Waals surface area contributed by atoms with Gasteiger partial charge in [0.2, 0.25) is 5.91 Å². The van der Waals surface area contributed by atoms with Crippen LogP contribution in [0.25, 0.3) is 0 Å². The molecule has 0 aromatic carbocycles. The fraction of sp³-hybridized carbons (Fsp3) is 0.636. The van der Waals surface area contributed by atoms with Crippen molar-refractivity contribution >= 4 is 17.2 Å². The van der Waals surface area contributed by atoms with Gasteiger partial charge in [0.15, 0.2) is 0 Å². The number of hydrogen-bond acceptors (Lipinski definition) is 4. The maximum Gasteiger partial charge on any atom is 0.224 e. The lowest BCUT2D eigenvalue weighted by Crippen LogP contribution is -2.38. The number of nitrogens with two attached hydrogens (primary N) is 1. The van der Waals surface area contributed by atoms with E-state index >= 15 is 0 Å². The van der Waals surface area contributed by atoms with Crippen LogP contribution in [0.5, 0.6) is 0 Å². The molecule has 2 rings (SSSR count). The normalized spacial score (nSPS) is 24.6. The van der Waals surface area contributed by atoms with Gasteiger partial charge < -0.3 is 11.1 Å². The summed E-state index contributed by atoms with van der Waals surface area (Å²) in [6, 6.07) is 0.0390. The van der Waals surface area contributed by atoms with Gasteiger partial charge in [-0.05, 0) is 19.8 Å². The van der Waals surface area contributed by atoms with Crippen LogP contribution in [0.3, 0.4) is 0 Å². The lowest BCUT2D eigenvalue weighted by Gasteiger charge is -2.14. The van der Waals surface area contributed by atoms with Crippen LogP contribution >= 0.6 is 11.3 Å². The average molecular weight is 239 g/mol. The zero-order valence-corrected chi connectivity index (χ0v) is 10.2. The number of aryl methyl sites for hydroxylation is 1. The molecule has 1 aliphatic carbocycles. The molecule has 2 unspecified atom stereocenters. The van der Waals surface area contributed by atoms with Gasteiger partial charge in [0.05, 0.1) is 23.2 Å². The molecule has 3 N–H and O–H groups in total. The molecule has 2 atom stereocenters. The van der Waals surface area contributed by atoms with Gasteiger partial charge in [0.1, 0.15) is 0 Å². The number of carbonyl (C=O) groups is 1. The Labute approximate surface area is 99.3 Å². The summed E-state index contributed by atoms with van der Waals surface area (Å²) in [5.41, 5.74) is 6.81. The van der Waals surface area contributed by atoms with Gasteiger partial charge >= 0.3 is 0 Å². The van der Waals surface area contributed by atoms with Crippen molar-refractivity contribution in [2.24, 2.45) is 11.7 Å². The number of nitrogens with zero attached hydrogens (tertiary/aromatic N) is 1. The van der Waals surface area contributed by atoms with E-state index in [1.807, 2.05) is 12.3 Å². The first-order chi connectivity index (χ1) is 7.66. The fourth-order valence-electron chi connectivity index (χ4n) is 2.11. The quantitative estimate of drug-likeness (QED) is 0.832. The van der Waals surface area contributed by atoms with Crippen molar-refractivity contribution in [2.75, 3.05) is 0 Å². The monoisotopic (exact) mass is 239 g/mol. The smallest absolute Gasteiger partial charge is 0.224 e. The molecule has 1 aliphatic rings. The highest BCUT2D eigenvalue weighted by Crippen LogP contribution is 2.24. The summed E-state index contributed by atoms with van der Waals surface area (Å²) in [5.74, 6) is 0.0791. The predicted octanol–water partition coefficient (Wildman–Crippen LogP) is 1.20. The molecule has 0 radical (unpaired) electrons. The molecule has 1 saturated carbocycles. The van der Waals surface area contributed by atoms with Crippen LogP contribution < -0.4 is 11.1 Å². The van der Waals surface area contributed by atoms with Crippen molar-refractivity contribution in [2.45, 2.75) is 38.8 Å². The maximum absolute atomic E-state index is 11.8. The number of carbonyl (C=O) groups excluding carboxylic acids is 1. The van der Waals surface area contributed by atoms with E-state index in [0.717, 1.165) is 30.0 Å². The Hall–Kier alpha value is -0.940. The van der Waals surface area contributed by atoms with E-state index in [2.05, 4.69) is 10.3 Å². The van der Waals surface area contributed by atoms with Gasteiger partial charge in [-0.1, -0.05) is 6.42 Å². The number of thiazole rings is 1. The van der Waals surface area contributed by atoms with Gasteiger partial charge in [0.25, 0.3) is 0 Å². The zero-order valence-electron chi connectivity index (χ0n) is 9.40.